The third-order valence-corrected chi connectivity index (χ3v) is 3.43. The highest BCUT2D eigenvalue weighted by atomic mass is 19.4. The zero-order valence-electron chi connectivity index (χ0n) is 10.9. The van der Waals surface area contributed by atoms with E-state index in [1.807, 2.05) is 4.90 Å². The second kappa shape index (κ2) is 5.88. The number of nitrogens with zero attached hydrogens (tertiary/aromatic N) is 2. The van der Waals surface area contributed by atoms with Crippen LogP contribution in [0.2, 0.25) is 0 Å². The highest BCUT2D eigenvalue weighted by molar-refractivity contribution is 5.98. The molecule has 0 amide bonds. The molecule has 0 unspecified atom stereocenters. The molecule has 0 atom stereocenters. The van der Waals surface area contributed by atoms with Crippen molar-refractivity contribution in [1.29, 1.82) is 0 Å². The van der Waals surface area contributed by atoms with Crippen molar-refractivity contribution < 1.29 is 18.0 Å². The number of hydrogen-bond donors (Lipinski definition) is 1. The largest absolute Gasteiger partial charge is 0.417 e. The Kier molecular flexibility index (Phi) is 4.39. The Balaban J connectivity index is 2.10. The van der Waals surface area contributed by atoms with Crippen LogP contribution in [0.5, 0.6) is 0 Å². The van der Waals surface area contributed by atoms with Gasteiger partial charge in [0.2, 0.25) is 0 Å². The van der Waals surface area contributed by atoms with Gasteiger partial charge in [-0.15, -0.1) is 0 Å². The minimum atomic E-state index is -4.54. The summed E-state index contributed by atoms with van der Waals surface area (Å²) in [6.07, 6.45) is -1.00. The van der Waals surface area contributed by atoms with Gasteiger partial charge >= 0.3 is 6.18 Å². The number of ketones is 1. The molecule has 1 aromatic rings. The van der Waals surface area contributed by atoms with Crippen LogP contribution >= 0.6 is 0 Å². The summed E-state index contributed by atoms with van der Waals surface area (Å²) in [5.41, 5.74) is 4.46. The van der Waals surface area contributed by atoms with E-state index in [0.717, 1.165) is 31.3 Å². The van der Waals surface area contributed by atoms with Crippen LogP contribution in [0.4, 0.5) is 13.2 Å². The van der Waals surface area contributed by atoms with E-state index in [1.54, 1.807) is 0 Å². The van der Waals surface area contributed by atoms with Crippen LogP contribution in [0.1, 0.15) is 28.8 Å². The standard InChI is InChI=1S/C13H16F3N3O/c14-13(15,16)11-1-4-18-7-10(11)12(20)8-19-5-2-9(17)3-6-19/h1,4,7,9H,2-3,5-6,8,17H2. The molecule has 0 saturated carbocycles. The maximum atomic E-state index is 12.8. The van der Waals surface area contributed by atoms with Crippen molar-refractivity contribution in [3.8, 4) is 0 Å². The Labute approximate surface area is 114 Å². The molecule has 1 aliphatic heterocycles. The van der Waals surface area contributed by atoms with Crippen molar-refractivity contribution in [3.63, 3.8) is 0 Å². The zero-order chi connectivity index (χ0) is 14.8. The molecule has 2 N–H and O–H groups in total. The van der Waals surface area contributed by atoms with Crippen molar-refractivity contribution in [2.45, 2.75) is 25.1 Å². The quantitative estimate of drug-likeness (QED) is 0.860. The van der Waals surface area contributed by atoms with Gasteiger partial charge in [0.1, 0.15) is 0 Å². The third-order valence-electron chi connectivity index (χ3n) is 3.43. The minimum absolute atomic E-state index is 0.0263. The summed E-state index contributed by atoms with van der Waals surface area (Å²) in [7, 11) is 0. The Morgan fingerprint density at radius 3 is 2.65 bits per heavy atom. The number of alkyl halides is 3. The fourth-order valence-electron chi connectivity index (χ4n) is 2.26. The van der Waals surface area contributed by atoms with E-state index in [1.165, 1.54) is 0 Å². The number of halogens is 3. The van der Waals surface area contributed by atoms with Gasteiger partial charge in [0.25, 0.3) is 0 Å². The van der Waals surface area contributed by atoms with E-state index < -0.39 is 17.5 Å². The fourth-order valence-corrected chi connectivity index (χ4v) is 2.26. The normalized spacial score (nSPS) is 18.2. The molecule has 1 fully saturated rings. The molecule has 0 spiro atoms. The fraction of sp³-hybridized carbons (Fsp3) is 0.538. The van der Waals surface area contributed by atoms with E-state index in [9.17, 15) is 18.0 Å². The first kappa shape index (κ1) is 14.9. The third kappa shape index (κ3) is 3.55. The summed E-state index contributed by atoms with van der Waals surface area (Å²) in [5, 5.41) is 0. The molecular weight excluding hydrogens is 271 g/mol. The predicted molar refractivity (Wildman–Crippen MR) is 67.2 cm³/mol. The summed E-state index contributed by atoms with van der Waals surface area (Å²) in [6, 6.07) is 0.949. The Bertz CT molecular complexity index is 482. The van der Waals surface area contributed by atoms with Crippen LogP contribution in [0.3, 0.4) is 0 Å². The number of nitrogens with two attached hydrogens (primary N) is 1. The lowest BCUT2D eigenvalue weighted by Gasteiger charge is -2.29. The molecule has 1 aromatic heterocycles. The highest BCUT2D eigenvalue weighted by Crippen LogP contribution is 2.31. The van der Waals surface area contributed by atoms with Crippen molar-refractivity contribution in [3.05, 3.63) is 29.6 Å². The summed E-state index contributed by atoms with van der Waals surface area (Å²) in [5.74, 6) is -0.555. The van der Waals surface area contributed by atoms with Gasteiger partial charge in [0, 0.05) is 37.1 Å². The van der Waals surface area contributed by atoms with Crippen LogP contribution in [-0.2, 0) is 6.18 Å². The van der Waals surface area contributed by atoms with E-state index in [-0.39, 0.29) is 18.2 Å². The number of carbonyl (C=O) groups is 1. The second-order valence-electron chi connectivity index (χ2n) is 4.96. The van der Waals surface area contributed by atoms with Gasteiger partial charge in [-0.1, -0.05) is 0 Å². The number of hydrogen-bond acceptors (Lipinski definition) is 4. The van der Waals surface area contributed by atoms with Gasteiger partial charge in [-0.05, 0) is 18.9 Å². The molecule has 7 heteroatoms. The van der Waals surface area contributed by atoms with E-state index in [4.69, 9.17) is 5.73 Å². The average molecular weight is 287 g/mol. The molecule has 20 heavy (non-hydrogen) atoms. The second-order valence-corrected chi connectivity index (χ2v) is 4.96. The van der Waals surface area contributed by atoms with Gasteiger partial charge in [0.15, 0.2) is 5.78 Å². The number of piperidine rings is 1. The first-order valence-corrected chi connectivity index (χ1v) is 6.40. The van der Waals surface area contributed by atoms with E-state index in [2.05, 4.69) is 4.98 Å². The maximum absolute atomic E-state index is 12.8. The monoisotopic (exact) mass is 287 g/mol. The Morgan fingerprint density at radius 2 is 2.05 bits per heavy atom. The summed E-state index contributed by atoms with van der Waals surface area (Å²) < 4.78 is 38.5. The number of pyridine rings is 1. The molecule has 0 aliphatic carbocycles. The lowest BCUT2D eigenvalue weighted by Crippen LogP contribution is -2.42. The number of Topliss-reactive ketones (excluding diaryl/α,β-unsaturated/α-hetero) is 1. The van der Waals surface area contributed by atoms with Gasteiger partial charge in [0.05, 0.1) is 12.1 Å². The average Bonchev–Trinajstić information content (AvgIpc) is 2.40. The Morgan fingerprint density at radius 1 is 1.40 bits per heavy atom. The lowest BCUT2D eigenvalue weighted by molar-refractivity contribution is -0.138. The maximum Gasteiger partial charge on any atom is 0.417 e. The molecule has 2 heterocycles. The zero-order valence-corrected chi connectivity index (χ0v) is 10.9. The van der Waals surface area contributed by atoms with Crippen LogP contribution in [-0.4, -0.2) is 41.3 Å². The lowest BCUT2D eigenvalue weighted by atomic mass is 10.0. The molecule has 1 saturated heterocycles. The molecule has 4 nitrogen and oxygen atoms in total. The first-order chi connectivity index (χ1) is 9.38. The van der Waals surface area contributed by atoms with Crippen molar-refractivity contribution in [2.24, 2.45) is 5.73 Å². The molecule has 110 valence electrons. The SMILES string of the molecule is NC1CCN(CC(=O)c2cnccc2C(F)(F)F)CC1. The Hall–Kier alpha value is -1.47. The molecular formula is C13H16F3N3O. The predicted octanol–water partition coefficient (Wildman–Crippen LogP) is 1.71. The van der Waals surface area contributed by atoms with Gasteiger partial charge < -0.3 is 5.73 Å². The number of rotatable bonds is 3. The van der Waals surface area contributed by atoms with Crippen molar-refractivity contribution in [2.75, 3.05) is 19.6 Å². The highest BCUT2D eigenvalue weighted by Gasteiger charge is 2.35. The topological polar surface area (TPSA) is 59.2 Å². The molecule has 1 aliphatic rings. The number of likely N-dealkylation sites (tertiary alicyclic amines) is 1. The smallest absolute Gasteiger partial charge is 0.328 e. The van der Waals surface area contributed by atoms with Crippen molar-refractivity contribution >= 4 is 5.78 Å². The van der Waals surface area contributed by atoms with Crippen LogP contribution < -0.4 is 5.73 Å². The number of carbonyl (C=O) groups excluding carboxylic acids is 1. The summed E-state index contributed by atoms with van der Waals surface area (Å²) in [6.45, 7) is 1.24. The van der Waals surface area contributed by atoms with Gasteiger partial charge in [-0.2, -0.15) is 13.2 Å². The summed E-state index contributed by atoms with van der Waals surface area (Å²) in [4.78, 5) is 17.5. The van der Waals surface area contributed by atoms with Crippen LogP contribution in [0.25, 0.3) is 0 Å². The van der Waals surface area contributed by atoms with E-state index >= 15 is 0 Å². The van der Waals surface area contributed by atoms with Gasteiger partial charge in [-0.3, -0.25) is 14.7 Å². The molecule has 0 bridgehead atoms. The molecule has 2 rings (SSSR count). The first-order valence-electron chi connectivity index (χ1n) is 6.40. The van der Waals surface area contributed by atoms with Crippen LogP contribution in [0.15, 0.2) is 18.5 Å². The van der Waals surface area contributed by atoms with E-state index in [0.29, 0.717) is 13.1 Å². The molecule has 0 radical (unpaired) electrons. The van der Waals surface area contributed by atoms with Gasteiger partial charge in [-0.25, -0.2) is 0 Å². The number of aromatic nitrogens is 1. The van der Waals surface area contributed by atoms with Crippen LogP contribution in [0, 0.1) is 0 Å². The summed E-state index contributed by atoms with van der Waals surface area (Å²) >= 11 is 0. The molecule has 0 aromatic carbocycles. The minimum Gasteiger partial charge on any atom is -0.328 e. The van der Waals surface area contributed by atoms with Crippen molar-refractivity contribution in [1.82, 2.24) is 9.88 Å².